The molecular formula is C19H18ClN3O2S. The molecule has 5 nitrogen and oxygen atoms in total. The van der Waals surface area contributed by atoms with Crippen LogP contribution in [0, 0.1) is 20.8 Å². The Bertz CT molecular complexity index is 935. The summed E-state index contributed by atoms with van der Waals surface area (Å²) in [4.78, 5) is 12.1. The van der Waals surface area contributed by atoms with Crippen LogP contribution in [0.25, 0.3) is 11.5 Å². The maximum Gasteiger partial charge on any atom is 0.277 e. The summed E-state index contributed by atoms with van der Waals surface area (Å²) < 4.78 is 5.66. The number of carbonyl (C=O) groups is 1. The number of thioether (sulfide) groups is 1. The number of benzene rings is 2. The topological polar surface area (TPSA) is 68.0 Å². The molecule has 7 heteroatoms. The Kier molecular flexibility index (Phi) is 5.64. The fourth-order valence-corrected chi connectivity index (χ4v) is 3.35. The molecule has 1 N–H and O–H groups in total. The van der Waals surface area contributed by atoms with Crippen molar-refractivity contribution >= 4 is 35.0 Å². The van der Waals surface area contributed by atoms with Gasteiger partial charge in [-0.15, -0.1) is 10.2 Å². The molecular weight excluding hydrogens is 370 g/mol. The van der Waals surface area contributed by atoms with Gasteiger partial charge in [-0.3, -0.25) is 4.79 Å². The van der Waals surface area contributed by atoms with Gasteiger partial charge in [0, 0.05) is 16.3 Å². The molecule has 0 bridgehead atoms. The molecule has 2 aromatic carbocycles. The molecule has 134 valence electrons. The minimum atomic E-state index is -0.147. The molecule has 3 aromatic rings. The van der Waals surface area contributed by atoms with E-state index in [4.69, 9.17) is 16.0 Å². The second kappa shape index (κ2) is 7.93. The Hall–Kier alpha value is -2.31. The molecule has 1 heterocycles. The van der Waals surface area contributed by atoms with Crippen LogP contribution in [0.4, 0.5) is 5.69 Å². The lowest BCUT2D eigenvalue weighted by Crippen LogP contribution is -2.14. The van der Waals surface area contributed by atoms with Crippen molar-refractivity contribution in [3.8, 4) is 11.5 Å². The minimum absolute atomic E-state index is 0.147. The van der Waals surface area contributed by atoms with Gasteiger partial charge in [0.25, 0.3) is 5.22 Å². The minimum Gasteiger partial charge on any atom is -0.411 e. The molecule has 0 saturated carbocycles. The number of hydrogen-bond acceptors (Lipinski definition) is 5. The van der Waals surface area contributed by atoms with Crippen molar-refractivity contribution in [2.45, 2.75) is 26.0 Å². The molecule has 0 saturated heterocycles. The Morgan fingerprint density at radius 1 is 1.12 bits per heavy atom. The quantitative estimate of drug-likeness (QED) is 0.620. The lowest BCUT2D eigenvalue weighted by atomic mass is 10.1. The van der Waals surface area contributed by atoms with Crippen molar-refractivity contribution in [3.63, 3.8) is 0 Å². The predicted molar refractivity (Wildman–Crippen MR) is 105 cm³/mol. The summed E-state index contributed by atoms with van der Waals surface area (Å²) in [6.07, 6.45) is 0. The van der Waals surface area contributed by atoms with Crippen LogP contribution in [0.5, 0.6) is 0 Å². The summed E-state index contributed by atoms with van der Waals surface area (Å²) in [6, 6.07) is 11.4. The summed E-state index contributed by atoms with van der Waals surface area (Å²) in [6.45, 7) is 5.93. The van der Waals surface area contributed by atoms with E-state index < -0.39 is 0 Å². The van der Waals surface area contributed by atoms with E-state index in [2.05, 4.69) is 21.6 Å². The number of rotatable bonds is 5. The monoisotopic (exact) mass is 387 g/mol. The van der Waals surface area contributed by atoms with Gasteiger partial charge < -0.3 is 9.73 Å². The number of halogens is 1. The lowest BCUT2D eigenvalue weighted by molar-refractivity contribution is -0.113. The molecule has 26 heavy (non-hydrogen) atoms. The van der Waals surface area contributed by atoms with Crippen LogP contribution in [0.2, 0.25) is 5.02 Å². The van der Waals surface area contributed by atoms with Crippen molar-refractivity contribution in [2.75, 3.05) is 11.1 Å². The maximum atomic E-state index is 12.1. The zero-order valence-electron chi connectivity index (χ0n) is 14.7. The number of anilines is 1. The van der Waals surface area contributed by atoms with Crippen LogP contribution in [-0.2, 0) is 4.79 Å². The van der Waals surface area contributed by atoms with Gasteiger partial charge in [-0.25, -0.2) is 0 Å². The maximum absolute atomic E-state index is 12.1. The lowest BCUT2D eigenvalue weighted by Gasteiger charge is -2.07. The van der Waals surface area contributed by atoms with Gasteiger partial charge in [0.05, 0.1) is 5.75 Å². The molecule has 0 aliphatic carbocycles. The summed E-state index contributed by atoms with van der Waals surface area (Å²) in [7, 11) is 0. The molecule has 1 amide bonds. The van der Waals surface area contributed by atoms with Crippen molar-refractivity contribution in [1.29, 1.82) is 0 Å². The van der Waals surface area contributed by atoms with Crippen LogP contribution in [0.3, 0.4) is 0 Å². The summed E-state index contributed by atoms with van der Waals surface area (Å²) in [5.41, 5.74) is 4.78. The average Bonchev–Trinajstić information content (AvgIpc) is 3.04. The molecule has 0 unspecified atom stereocenters. The van der Waals surface area contributed by atoms with Crippen molar-refractivity contribution in [1.82, 2.24) is 10.2 Å². The molecule has 0 atom stereocenters. The van der Waals surface area contributed by atoms with Gasteiger partial charge in [-0.1, -0.05) is 40.6 Å². The molecule has 3 rings (SSSR count). The highest BCUT2D eigenvalue weighted by molar-refractivity contribution is 7.99. The molecule has 0 spiro atoms. The van der Waals surface area contributed by atoms with Crippen LogP contribution < -0.4 is 5.32 Å². The summed E-state index contributed by atoms with van der Waals surface area (Å²) >= 11 is 7.12. The number of nitrogens with one attached hydrogen (secondary N) is 1. The first kappa shape index (κ1) is 18.5. The second-order valence-electron chi connectivity index (χ2n) is 6.05. The predicted octanol–water partition coefficient (Wildman–Crippen LogP) is 5.05. The van der Waals surface area contributed by atoms with E-state index in [0.717, 1.165) is 27.9 Å². The number of aromatic nitrogens is 2. The number of hydrogen-bond donors (Lipinski definition) is 1. The molecule has 1 aromatic heterocycles. The first-order valence-corrected chi connectivity index (χ1v) is 9.38. The summed E-state index contributed by atoms with van der Waals surface area (Å²) in [5.74, 6) is 0.483. The Labute approximate surface area is 161 Å². The van der Waals surface area contributed by atoms with E-state index in [9.17, 15) is 4.79 Å². The zero-order valence-corrected chi connectivity index (χ0v) is 16.2. The SMILES string of the molecule is Cc1cc(C)cc(-c2nnc(SCC(=O)Nc3ccc(Cl)cc3C)o2)c1. The second-order valence-corrected chi connectivity index (χ2v) is 7.41. The van der Waals surface area contributed by atoms with E-state index in [0.29, 0.717) is 16.1 Å². The Morgan fingerprint density at radius 2 is 1.85 bits per heavy atom. The largest absolute Gasteiger partial charge is 0.411 e. The van der Waals surface area contributed by atoms with Gasteiger partial charge in [0.2, 0.25) is 11.8 Å². The first-order valence-electron chi connectivity index (χ1n) is 8.02. The van der Waals surface area contributed by atoms with Gasteiger partial charge in [0.1, 0.15) is 0 Å². The first-order chi connectivity index (χ1) is 12.4. The fraction of sp³-hybridized carbons (Fsp3) is 0.211. The molecule has 0 fully saturated rings. The number of aryl methyl sites for hydroxylation is 3. The highest BCUT2D eigenvalue weighted by Gasteiger charge is 2.12. The van der Waals surface area contributed by atoms with E-state index in [-0.39, 0.29) is 11.7 Å². The van der Waals surface area contributed by atoms with E-state index in [1.807, 2.05) is 32.9 Å². The zero-order chi connectivity index (χ0) is 18.7. The smallest absolute Gasteiger partial charge is 0.277 e. The van der Waals surface area contributed by atoms with Gasteiger partial charge in [0.15, 0.2) is 0 Å². The average molecular weight is 388 g/mol. The van der Waals surface area contributed by atoms with Crippen LogP contribution in [-0.4, -0.2) is 21.9 Å². The van der Waals surface area contributed by atoms with Crippen molar-refractivity contribution in [3.05, 3.63) is 58.1 Å². The van der Waals surface area contributed by atoms with Gasteiger partial charge in [-0.05, 0) is 56.7 Å². The highest BCUT2D eigenvalue weighted by Crippen LogP contribution is 2.25. The Balaban J connectivity index is 1.61. The number of nitrogens with zero attached hydrogens (tertiary/aromatic N) is 2. The third kappa shape index (κ3) is 4.65. The normalized spacial score (nSPS) is 10.8. The third-order valence-electron chi connectivity index (χ3n) is 3.66. The Morgan fingerprint density at radius 3 is 2.54 bits per heavy atom. The third-order valence-corrected chi connectivity index (χ3v) is 4.72. The fourth-order valence-electron chi connectivity index (χ4n) is 2.56. The van der Waals surface area contributed by atoms with Crippen LogP contribution >= 0.6 is 23.4 Å². The number of carbonyl (C=O) groups excluding carboxylic acids is 1. The van der Waals surface area contributed by atoms with Crippen molar-refractivity contribution in [2.24, 2.45) is 0 Å². The highest BCUT2D eigenvalue weighted by atomic mass is 35.5. The van der Waals surface area contributed by atoms with E-state index in [1.165, 1.54) is 11.8 Å². The summed E-state index contributed by atoms with van der Waals surface area (Å²) in [5, 5.41) is 11.9. The van der Waals surface area contributed by atoms with E-state index >= 15 is 0 Å². The molecule has 0 aliphatic heterocycles. The van der Waals surface area contributed by atoms with Crippen LogP contribution in [0.15, 0.2) is 46.0 Å². The number of amides is 1. The van der Waals surface area contributed by atoms with Crippen molar-refractivity contribution < 1.29 is 9.21 Å². The molecule has 0 aliphatic rings. The molecule has 0 radical (unpaired) electrons. The van der Waals surface area contributed by atoms with Gasteiger partial charge >= 0.3 is 0 Å². The standard InChI is InChI=1S/C19H18ClN3O2S/c1-11-6-12(2)8-14(7-11)18-22-23-19(25-18)26-10-17(24)21-16-5-4-15(20)9-13(16)3/h4-9H,10H2,1-3H3,(H,21,24). The van der Waals surface area contributed by atoms with Crippen LogP contribution in [0.1, 0.15) is 16.7 Å². The van der Waals surface area contributed by atoms with Gasteiger partial charge in [-0.2, -0.15) is 0 Å². The van der Waals surface area contributed by atoms with E-state index in [1.54, 1.807) is 18.2 Å².